The highest BCUT2D eigenvalue weighted by atomic mass is 16.2. The molecule has 5 aromatic carbocycles. The first-order valence-electron chi connectivity index (χ1n) is 7.42. The van der Waals surface area contributed by atoms with Crippen LogP contribution in [0.3, 0.4) is 0 Å². The first kappa shape index (κ1) is 13.4. The second-order valence-electron chi connectivity index (χ2n) is 5.52. The van der Waals surface area contributed by atoms with Crippen molar-refractivity contribution in [3.63, 3.8) is 0 Å². The van der Waals surface area contributed by atoms with Crippen LogP contribution in [0.2, 0.25) is 0 Å². The summed E-state index contributed by atoms with van der Waals surface area (Å²) in [4.78, 5) is 0. The maximum absolute atomic E-state index is 6.88. The van der Waals surface area contributed by atoms with Crippen molar-refractivity contribution in [2.75, 3.05) is 0 Å². The Bertz CT molecular complexity index is 1020. The normalized spacial score (nSPS) is 10.7. The quantitative estimate of drug-likeness (QED) is 0.230. The Morgan fingerprint density at radius 2 is 0.826 bits per heavy atom. The van der Waals surface area contributed by atoms with E-state index in [4.69, 9.17) is 10.4 Å². The molecule has 108 valence electrons. The van der Waals surface area contributed by atoms with Gasteiger partial charge in [0, 0.05) is 0 Å². The lowest BCUT2D eigenvalue weighted by atomic mass is 9.90. The van der Waals surface area contributed by atoms with E-state index < -0.39 is 0 Å². The van der Waals surface area contributed by atoms with Crippen molar-refractivity contribution in [2.45, 2.75) is 0 Å². The van der Waals surface area contributed by atoms with Crippen LogP contribution < -0.4 is 0 Å². The Hall–Kier alpha value is -3.31. The SMILES string of the molecule is N#CO.c1cc2cccc3c4cccc5cccc(c(c1)c23)c54. The lowest BCUT2D eigenvalue weighted by Gasteiger charge is -2.13. The predicted molar refractivity (Wildman–Crippen MR) is 95.2 cm³/mol. The second kappa shape index (κ2) is 5.15. The smallest absolute Gasteiger partial charge is 0.283 e. The summed E-state index contributed by atoms with van der Waals surface area (Å²) >= 11 is 0. The maximum atomic E-state index is 6.88. The fourth-order valence-corrected chi connectivity index (χ4v) is 3.58. The zero-order chi connectivity index (χ0) is 15.8. The van der Waals surface area contributed by atoms with Gasteiger partial charge in [0.25, 0.3) is 6.26 Å². The molecule has 0 aliphatic heterocycles. The molecular weight excluding hydrogens is 282 g/mol. The molecule has 0 radical (unpaired) electrons. The molecule has 0 bridgehead atoms. The van der Waals surface area contributed by atoms with Crippen LogP contribution in [0, 0.1) is 11.5 Å². The van der Waals surface area contributed by atoms with Crippen LogP contribution in [-0.4, -0.2) is 5.11 Å². The molecule has 0 atom stereocenters. The van der Waals surface area contributed by atoms with Gasteiger partial charge in [-0.05, 0) is 43.1 Å². The highest BCUT2D eigenvalue weighted by Gasteiger charge is 2.11. The number of hydrogen-bond donors (Lipinski definition) is 1. The van der Waals surface area contributed by atoms with Crippen molar-refractivity contribution in [1.82, 2.24) is 0 Å². The number of hydrogen-bond acceptors (Lipinski definition) is 2. The highest BCUT2D eigenvalue weighted by molar-refractivity contribution is 6.32. The van der Waals surface area contributed by atoms with Gasteiger partial charge in [0.05, 0.1) is 0 Å². The Labute approximate surface area is 133 Å². The van der Waals surface area contributed by atoms with E-state index in [9.17, 15) is 0 Å². The molecule has 0 fully saturated rings. The molecule has 0 saturated heterocycles. The third-order valence-corrected chi connectivity index (χ3v) is 4.39. The minimum atomic E-state index is 0.750. The number of nitriles is 1. The molecule has 5 rings (SSSR count). The van der Waals surface area contributed by atoms with E-state index in [1.165, 1.54) is 43.1 Å². The van der Waals surface area contributed by atoms with Crippen LogP contribution in [0.15, 0.2) is 72.8 Å². The molecule has 2 heteroatoms. The number of rotatable bonds is 0. The van der Waals surface area contributed by atoms with Gasteiger partial charge < -0.3 is 5.11 Å². The van der Waals surface area contributed by atoms with Gasteiger partial charge in [0.2, 0.25) is 0 Å². The van der Waals surface area contributed by atoms with Crippen molar-refractivity contribution in [3.8, 4) is 6.26 Å². The monoisotopic (exact) mass is 295 g/mol. The number of benzene rings is 5. The fraction of sp³-hybridized carbons (Fsp3) is 0. The summed E-state index contributed by atoms with van der Waals surface area (Å²) in [6.45, 7) is 0. The number of aliphatic hydroxyl groups is 1. The van der Waals surface area contributed by atoms with Crippen molar-refractivity contribution >= 4 is 43.1 Å². The number of fused-ring (bicyclic) bond motifs is 2. The lowest BCUT2D eigenvalue weighted by Crippen LogP contribution is -1.85. The molecule has 0 spiro atoms. The number of aliphatic hydroxyl groups excluding tert-OH is 1. The third kappa shape index (κ3) is 1.88. The van der Waals surface area contributed by atoms with Crippen LogP contribution >= 0.6 is 0 Å². The molecule has 5 aromatic rings. The van der Waals surface area contributed by atoms with Crippen molar-refractivity contribution in [3.05, 3.63) is 72.8 Å². The van der Waals surface area contributed by atoms with Gasteiger partial charge in [-0.1, -0.05) is 72.8 Å². The largest absolute Gasteiger partial charge is 0.443 e. The van der Waals surface area contributed by atoms with Crippen molar-refractivity contribution < 1.29 is 5.11 Å². The van der Waals surface area contributed by atoms with Crippen LogP contribution in [0.4, 0.5) is 0 Å². The first-order valence-corrected chi connectivity index (χ1v) is 7.42. The zero-order valence-electron chi connectivity index (χ0n) is 12.3. The lowest BCUT2D eigenvalue weighted by molar-refractivity contribution is 0.503. The van der Waals surface area contributed by atoms with E-state index in [2.05, 4.69) is 72.8 Å². The Morgan fingerprint density at radius 3 is 1.09 bits per heavy atom. The molecule has 0 amide bonds. The Balaban J connectivity index is 0.000000421. The molecular formula is C21H13NO. The predicted octanol–water partition coefficient (Wildman–Crippen LogP) is 5.58. The van der Waals surface area contributed by atoms with Crippen LogP contribution in [0.5, 0.6) is 0 Å². The van der Waals surface area contributed by atoms with Crippen molar-refractivity contribution in [2.24, 2.45) is 0 Å². The second-order valence-corrected chi connectivity index (χ2v) is 5.52. The molecule has 2 nitrogen and oxygen atoms in total. The van der Waals surface area contributed by atoms with Gasteiger partial charge in [0.1, 0.15) is 0 Å². The first-order chi connectivity index (χ1) is 11.3. The topological polar surface area (TPSA) is 44.0 Å². The van der Waals surface area contributed by atoms with E-state index >= 15 is 0 Å². The van der Waals surface area contributed by atoms with Gasteiger partial charge >= 0.3 is 0 Å². The van der Waals surface area contributed by atoms with E-state index in [1.807, 2.05) is 0 Å². The molecule has 0 aromatic heterocycles. The average molecular weight is 295 g/mol. The van der Waals surface area contributed by atoms with Crippen LogP contribution in [0.25, 0.3) is 43.1 Å². The van der Waals surface area contributed by atoms with E-state index in [0.717, 1.165) is 6.26 Å². The molecule has 0 aliphatic rings. The highest BCUT2D eigenvalue weighted by Crippen LogP contribution is 2.39. The minimum absolute atomic E-state index is 0.750. The molecule has 0 unspecified atom stereocenters. The van der Waals surface area contributed by atoms with Crippen LogP contribution in [-0.2, 0) is 0 Å². The fourth-order valence-electron chi connectivity index (χ4n) is 3.58. The van der Waals surface area contributed by atoms with E-state index in [-0.39, 0.29) is 0 Å². The molecule has 0 heterocycles. The summed E-state index contributed by atoms with van der Waals surface area (Å²) in [7, 11) is 0. The summed E-state index contributed by atoms with van der Waals surface area (Å²) in [5.41, 5.74) is 0. The average Bonchev–Trinajstić information content (AvgIpc) is 2.60. The van der Waals surface area contributed by atoms with Gasteiger partial charge in [0.15, 0.2) is 0 Å². The summed E-state index contributed by atoms with van der Waals surface area (Å²) < 4.78 is 0. The maximum Gasteiger partial charge on any atom is 0.283 e. The minimum Gasteiger partial charge on any atom is -0.443 e. The van der Waals surface area contributed by atoms with E-state index in [0.29, 0.717) is 0 Å². The third-order valence-electron chi connectivity index (χ3n) is 4.39. The molecule has 23 heavy (non-hydrogen) atoms. The van der Waals surface area contributed by atoms with Gasteiger partial charge in [-0.3, -0.25) is 0 Å². The van der Waals surface area contributed by atoms with Crippen molar-refractivity contribution in [1.29, 1.82) is 5.26 Å². The summed E-state index contributed by atoms with van der Waals surface area (Å²) in [5, 5.41) is 24.6. The molecule has 0 aliphatic carbocycles. The summed E-state index contributed by atoms with van der Waals surface area (Å²) in [6.07, 6.45) is 0.750. The number of nitrogens with zero attached hydrogens (tertiary/aromatic N) is 1. The van der Waals surface area contributed by atoms with Gasteiger partial charge in [-0.2, -0.15) is 5.26 Å². The Kier molecular flexibility index (Phi) is 2.99. The summed E-state index contributed by atoms with van der Waals surface area (Å²) in [5.74, 6) is 0. The van der Waals surface area contributed by atoms with E-state index in [1.54, 1.807) is 0 Å². The summed E-state index contributed by atoms with van der Waals surface area (Å²) in [6, 6.07) is 26.4. The van der Waals surface area contributed by atoms with Crippen LogP contribution in [0.1, 0.15) is 0 Å². The molecule has 1 N–H and O–H groups in total. The standard InChI is InChI=1S/C20H12.CHNO/c1-5-13-6-2-11-17-18-12-4-8-14-7-3-10-16(20(14)18)15(9-1)19(13)17;2-1-3/h1-12H;3H. The molecule has 0 saturated carbocycles. The van der Waals surface area contributed by atoms with Gasteiger partial charge in [-0.25, -0.2) is 0 Å². The van der Waals surface area contributed by atoms with Gasteiger partial charge in [-0.15, -0.1) is 0 Å². The Morgan fingerprint density at radius 1 is 0.565 bits per heavy atom. The zero-order valence-corrected chi connectivity index (χ0v) is 12.3.